The van der Waals surface area contributed by atoms with Crippen LogP contribution in [0.3, 0.4) is 0 Å². The number of aliphatic carboxylic acids is 3. The summed E-state index contributed by atoms with van der Waals surface area (Å²) in [7, 11) is 0. The zero-order chi connectivity index (χ0) is 62.2. The van der Waals surface area contributed by atoms with E-state index in [0.29, 0.717) is 25.7 Å². The molecule has 25 heteroatoms. The molecule has 0 spiro atoms. The second-order valence-electron chi connectivity index (χ2n) is 22.1. The van der Waals surface area contributed by atoms with E-state index in [1.165, 1.54) is 45.9 Å². The van der Waals surface area contributed by atoms with Crippen LogP contribution in [0.25, 0.3) is 0 Å². The van der Waals surface area contributed by atoms with Crippen molar-refractivity contribution in [2.24, 2.45) is 11.8 Å². The maximum absolute atomic E-state index is 13.4. The van der Waals surface area contributed by atoms with E-state index in [9.17, 15) is 78.0 Å². The predicted octanol–water partition coefficient (Wildman–Crippen LogP) is 3.70. The van der Waals surface area contributed by atoms with Crippen LogP contribution in [0.1, 0.15) is 207 Å². The molecule has 0 aliphatic heterocycles. The van der Waals surface area contributed by atoms with Gasteiger partial charge >= 0.3 is 17.9 Å². The van der Waals surface area contributed by atoms with Gasteiger partial charge in [0.25, 0.3) is 0 Å². The van der Waals surface area contributed by atoms with Gasteiger partial charge < -0.3 is 62.4 Å². The SMILES string of the molecule is CC(=O)[C@@H](NC(=O)[C@H](CCCCNC(=O)CNCC(=O)[C@H](CO)NC(=O)CC[C@H](NC(=O)CC[C@H](CC(=O)CCCCCCCCCCCCCCCCC(=O)O)C(=O)O)C(=O)O)CCC(=O)C(C)(C)NC(=O)CCc1cnc[nH]1)[C@@H](C)O. The van der Waals surface area contributed by atoms with Crippen molar-refractivity contribution in [3.63, 3.8) is 0 Å². The van der Waals surface area contributed by atoms with Crippen molar-refractivity contribution in [2.45, 2.75) is 237 Å². The summed E-state index contributed by atoms with van der Waals surface area (Å²) in [5, 5.41) is 63.2. The highest BCUT2D eigenvalue weighted by atomic mass is 16.4. The maximum atomic E-state index is 13.4. The lowest BCUT2D eigenvalue weighted by Crippen LogP contribution is -2.50. The zero-order valence-corrected chi connectivity index (χ0v) is 49.3. The highest BCUT2D eigenvalue weighted by molar-refractivity contribution is 5.94. The average molecular weight is 1180 g/mol. The molecule has 1 aromatic rings. The van der Waals surface area contributed by atoms with Gasteiger partial charge in [-0.3, -0.25) is 52.7 Å². The Morgan fingerprint density at radius 3 is 1.66 bits per heavy atom. The number of imidazole rings is 1. The Labute approximate surface area is 487 Å². The van der Waals surface area contributed by atoms with Crippen LogP contribution in [0.5, 0.6) is 0 Å². The number of hydrogen-bond acceptors (Lipinski definition) is 16. The van der Waals surface area contributed by atoms with Crippen LogP contribution in [0, 0.1) is 11.8 Å². The van der Waals surface area contributed by atoms with Gasteiger partial charge in [0.05, 0.1) is 43.6 Å². The number of carboxylic acid groups (broad SMARTS) is 3. The number of aryl methyl sites for hydroxylation is 1. The fraction of sp³-hybridized carbons (Fsp3) is 0.741. The van der Waals surface area contributed by atoms with E-state index in [1.54, 1.807) is 20.0 Å². The minimum atomic E-state index is -1.55. The molecule has 1 heterocycles. The molecule has 1 rings (SSSR count). The van der Waals surface area contributed by atoms with Gasteiger partial charge in [0, 0.05) is 69.3 Å². The van der Waals surface area contributed by atoms with Crippen LogP contribution < -0.4 is 31.9 Å². The molecule has 25 nitrogen and oxygen atoms in total. The molecule has 0 unspecified atom stereocenters. The molecule has 0 saturated carbocycles. The van der Waals surface area contributed by atoms with Gasteiger partial charge in [0.15, 0.2) is 17.3 Å². The van der Waals surface area contributed by atoms with E-state index < -0.39 is 121 Å². The first-order valence-corrected chi connectivity index (χ1v) is 29.6. The molecule has 0 aliphatic rings. The van der Waals surface area contributed by atoms with Gasteiger partial charge in [0.2, 0.25) is 29.5 Å². The summed E-state index contributed by atoms with van der Waals surface area (Å²) in [5.41, 5.74) is -0.488. The van der Waals surface area contributed by atoms with Crippen molar-refractivity contribution in [1.82, 2.24) is 41.9 Å². The molecule has 0 aliphatic carbocycles. The molecule has 12 N–H and O–H groups in total. The molecule has 0 fully saturated rings. The van der Waals surface area contributed by atoms with Crippen LogP contribution in [0.15, 0.2) is 12.5 Å². The minimum Gasteiger partial charge on any atom is -0.481 e. The number of aliphatic hydroxyl groups is 2. The summed E-state index contributed by atoms with van der Waals surface area (Å²) in [4.78, 5) is 156. The number of unbranched alkanes of at least 4 members (excludes halogenated alkanes) is 14. The van der Waals surface area contributed by atoms with E-state index in [1.807, 2.05) is 0 Å². The molecule has 6 atom stereocenters. The number of aliphatic hydroxyl groups excluding tert-OH is 2. The van der Waals surface area contributed by atoms with Gasteiger partial charge in [-0.2, -0.15) is 0 Å². The second kappa shape index (κ2) is 43.2. The number of ketones is 4. The number of hydrogen-bond donors (Lipinski definition) is 12. The lowest BCUT2D eigenvalue weighted by molar-refractivity contribution is -0.145. The first kappa shape index (κ1) is 74.5. The highest BCUT2D eigenvalue weighted by Gasteiger charge is 2.32. The first-order chi connectivity index (χ1) is 39.4. The van der Waals surface area contributed by atoms with Crippen molar-refractivity contribution in [3.8, 4) is 0 Å². The van der Waals surface area contributed by atoms with Gasteiger partial charge in [-0.1, -0.05) is 83.5 Å². The molecular weight excluding hydrogens is 1080 g/mol. The summed E-state index contributed by atoms with van der Waals surface area (Å²) in [5.74, 6) is -10.1. The predicted molar refractivity (Wildman–Crippen MR) is 305 cm³/mol. The van der Waals surface area contributed by atoms with E-state index in [0.717, 1.165) is 63.5 Å². The summed E-state index contributed by atoms with van der Waals surface area (Å²) >= 11 is 0. The molecule has 470 valence electrons. The number of nitrogens with one attached hydrogen (secondary N) is 7. The van der Waals surface area contributed by atoms with Crippen molar-refractivity contribution < 1.29 is 83.1 Å². The van der Waals surface area contributed by atoms with Crippen LogP contribution in [-0.2, 0) is 64.0 Å². The number of carbonyl (C=O) groups excluding carboxylic acids is 9. The van der Waals surface area contributed by atoms with Crippen LogP contribution in [-0.4, -0.2) is 162 Å². The smallest absolute Gasteiger partial charge is 0.326 e. The van der Waals surface area contributed by atoms with E-state index in [-0.39, 0.29) is 88.4 Å². The lowest BCUT2D eigenvalue weighted by atomic mass is 9.89. The molecule has 0 radical (unpaired) electrons. The standard InChI is InChI=1S/C58H96N8O17/c1-39(68)54(40(2)69)65-55(79)41(24-28-48(72)58(3,4)66-51(75)30-26-43-34-60-38-62-43)21-19-20-32-61-52(76)36-59-35-47(71)46(37-67)64-50(74)31-27-45(57(82)83)63-49(73)29-25-42(56(80)81)33-44(70)22-17-15-13-11-9-7-5-6-8-10-12-14-16-18-23-53(77)78/h34,38-39,41-42,45-46,54,59,67-68H,5-33,35-37H2,1-4H3,(H,60,62)(H,61,76)(H,63,73)(H,64,74)(H,65,79)(H,66,75)(H,77,78)(H,80,81)(H,82,83)/t39-,41-,42-,45+,46+,54+/m1/s1. The molecule has 0 saturated heterocycles. The Hall–Kier alpha value is -6.47. The number of H-pyrrole nitrogens is 1. The summed E-state index contributed by atoms with van der Waals surface area (Å²) in [6.07, 6.45) is 16.4. The van der Waals surface area contributed by atoms with Crippen LogP contribution in [0.4, 0.5) is 0 Å². The number of rotatable bonds is 52. The zero-order valence-electron chi connectivity index (χ0n) is 49.3. The Morgan fingerprint density at radius 1 is 0.590 bits per heavy atom. The van der Waals surface area contributed by atoms with Crippen molar-refractivity contribution >= 4 is 70.6 Å². The highest BCUT2D eigenvalue weighted by Crippen LogP contribution is 2.21. The number of aromatic nitrogens is 2. The largest absolute Gasteiger partial charge is 0.481 e. The Balaban J connectivity index is 2.46. The normalized spacial score (nSPS) is 13.5. The molecule has 0 aromatic carbocycles. The fourth-order valence-corrected chi connectivity index (χ4v) is 9.24. The Kier molecular flexibility index (Phi) is 38.8. The molecule has 83 heavy (non-hydrogen) atoms. The van der Waals surface area contributed by atoms with E-state index in [2.05, 4.69) is 41.9 Å². The van der Waals surface area contributed by atoms with E-state index in [4.69, 9.17) is 5.11 Å². The Morgan fingerprint density at radius 2 is 1.14 bits per heavy atom. The monoisotopic (exact) mass is 1180 g/mol. The van der Waals surface area contributed by atoms with Crippen LogP contribution in [0.2, 0.25) is 0 Å². The third kappa shape index (κ3) is 36.0. The van der Waals surface area contributed by atoms with Gasteiger partial charge in [-0.15, -0.1) is 0 Å². The van der Waals surface area contributed by atoms with Gasteiger partial charge in [0.1, 0.15) is 23.9 Å². The quantitative estimate of drug-likeness (QED) is 0.0414. The second-order valence-corrected chi connectivity index (χ2v) is 22.1. The lowest BCUT2D eigenvalue weighted by Gasteiger charge is -2.27. The summed E-state index contributed by atoms with van der Waals surface area (Å²) < 4.78 is 0. The number of carbonyl (C=O) groups is 12. The number of nitrogens with zero attached hydrogens (tertiary/aromatic N) is 1. The first-order valence-electron chi connectivity index (χ1n) is 29.6. The van der Waals surface area contributed by atoms with Crippen LogP contribution >= 0.6 is 0 Å². The van der Waals surface area contributed by atoms with Gasteiger partial charge in [-0.25, -0.2) is 9.78 Å². The molecule has 5 amide bonds. The number of aromatic amines is 1. The fourth-order valence-electron chi connectivity index (χ4n) is 9.24. The average Bonchev–Trinajstić information content (AvgIpc) is 3.96. The van der Waals surface area contributed by atoms with E-state index >= 15 is 0 Å². The Bertz CT molecular complexity index is 2190. The minimum absolute atomic E-state index is 0.0705. The van der Waals surface area contributed by atoms with Crippen molar-refractivity contribution in [3.05, 3.63) is 18.2 Å². The summed E-state index contributed by atoms with van der Waals surface area (Å²) in [6.45, 7) is 4.28. The molecule has 1 aromatic heterocycles. The third-order valence-corrected chi connectivity index (χ3v) is 14.4. The third-order valence-electron chi connectivity index (χ3n) is 14.4. The molecule has 0 bridgehead atoms. The van der Waals surface area contributed by atoms with Crippen molar-refractivity contribution in [1.29, 1.82) is 0 Å². The molecular formula is C58H96N8O17. The number of Topliss-reactive ketones (excluding diaryl/α,β-unsaturated/α-hetero) is 4. The van der Waals surface area contributed by atoms with Gasteiger partial charge in [-0.05, 0) is 79.1 Å². The summed E-state index contributed by atoms with van der Waals surface area (Å²) in [6, 6.07) is -4.14. The number of amides is 5. The maximum Gasteiger partial charge on any atom is 0.326 e. The number of carboxylic acids is 3. The topological polar surface area (TPSA) is 407 Å². The van der Waals surface area contributed by atoms with Crippen molar-refractivity contribution in [2.75, 3.05) is 26.2 Å².